The SMILES string of the molecule is CCNC(=NCc1cccs1)NCCS(=O)(=O)N1CCOCC1.I. The van der Waals surface area contributed by atoms with Gasteiger partial charge in [0.1, 0.15) is 0 Å². The summed E-state index contributed by atoms with van der Waals surface area (Å²) in [7, 11) is -3.24. The van der Waals surface area contributed by atoms with Crippen LogP contribution in [0, 0.1) is 0 Å². The van der Waals surface area contributed by atoms with Gasteiger partial charge in [0.15, 0.2) is 5.96 Å². The molecule has 2 heterocycles. The van der Waals surface area contributed by atoms with E-state index in [-0.39, 0.29) is 29.7 Å². The summed E-state index contributed by atoms with van der Waals surface area (Å²) >= 11 is 1.65. The van der Waals surface area contributed by atoms with Gasteiger partial charge in [0.05, 0.1) is 25.5 Å². The van der Waals surface area contributed by atoms with Gasteiger partial charge in [0.25, 0.3) is 0 Å². The van der Waals surface area contributed by atoms with Gasteiger partial charge in [-0.3, -0.25) is 0 Å². The maximum atomic E-state index is 12.2. The molecule has 1 aromatic rings. The number of ether oxygens (including phenoxy) is 1. The molecule has 0 bridgehead atoms. The van der Waals surface area contributed by atoms with E-state index in [4.69, 9.17) is 4.74 Å². The summed E-state index contributed by atoms with van der Waals surface area (Å²) in [5.74, 6) is 0.689. The molecular formula is C14H25IN4O3S2. The van der Waals surface area contributed by atoms with Gasteiger partial charge < -0.3 is 15.4 Å². The monoisotopic (exact) mass is 488 g/mol. The Hall–Kier alpha value is -0.430. The van der Waals surface area contributed by atoms with Gasteiger partial charge in [0.2, 0.25) is 10.0 Å². The number of hydrogen-bond donors (Lipinski definition) is 2. The topological polar surface area (TPSA) is 83.0 Å². The number of halogens is 1. The highest BCUT2D eigenvalue weighted by atomic mass is 127. The number of sulfonamides is 1. The van der Waals surface area contributed by atoms with Crippen LogP contribution in [0.3, 0.4) is 0 Å². The van der Waals surface area contributed by atoms with E-state index in [0.717, 1.165) is 6.54 Å². The molecule has 7 nitrogen and oxygen atoms in total. The van der Waals surface area contributed by atoms with E-state index in [1.165, 1.54) is 9.18 Å². The number of nitrogens with one attached hydrogen (secondary N) is 2. The van der Waals surface area contributed by atoms with Crippen molar-refractivity contribution in [2.75, 3.05) is 45.1 Å². The molecule has 1 saturated heterocycles. The number of guanidine groups is 1. The molecule has 0 atom stereocenters. The van der Waals surface area contributed by atoms with E-state index in [9.17, 15) is 8.42 Å². The summed E-state index contributed by atoms with van der Waals surface area (Å²) < 4.78 is 31.2. The average Bonchev–Trinajstić information content (AvgIpc) is 3.07. The molecule has 1 aliphatic heterocycles. The molecule has 1 fully saturated rings. The summed E-state index contributed by atoms with van der Waals surface area (Å²) in [6.45, 7) is 5.44. The maximum Gasteiger partial charge on any atom is 0.215 e. The zero-order chi connectivity index (χ0) is 16.5. The second-order valence-corrected chi connectivity index (χ2v) is 8.15. The number of morpholine rings is 1. The first-order valence-electron chi connectivity index (χ1n) is 7.72. The molecule has 1 aromatic heterocycles. The summed E-state index contributed by atoms with van der Waals surface area (Å²) in [6.07, 6.45) is 0. The molecule has 2 N–H and O–H groups in total. The lowest BCUT2D eigenvalue weighted by Gasteiger charge is -2.26. The second kappa shape index (κ2) is 11.2. The molecule has 0 spiro atoms. The van der Waals surface area contributed by atoms with Crippen molar-refractivity contribution in [3.63, 3.8) is 0 Å². The number of rotatable bonds is 7. The van der Waals surface area contributed by atoms with Crippen LogP contribution in [0.25, 0.3) is 0 Å². The molecule has 0 amide bonds. The minimum atomic E-state index is -3.24. The van der Waals surface area contributed by atoms with Crippen molar-refractivity contribution in [3.05, 3.63) is 22.4 Å². The van der Waals surface area contributed by atoms with Crippen molar-refractivity contribution in [1.29, 1.82) is 0 Å². The summed E-state index contributed by atoms with van der Waals surface area (Å²) in [4.78, 5) is 5.63. The predicted octanol–water partition coefficient (Wildman–Crippen LogP) is 1.08. The third kappa shape index (κ3) is 7.21. The van der Waals surface area contributed by atoms with Crippen LogP contribution in [0.4, 0.5) is 0 Å². The molecule has 138 valence electrons. The van der Waals surface area contributed by atoms with Gasteiger partial charge in [-0.15, -0.1) is 35.3 Å². The third-order valence-corrected chi connectivity index (χ3v) is 6.07. The zero-order valence-corrected chi connectivity index (χ0v) is 17.7. The molecule has 0 radical (unpaired) electrons. The number of nitrogens with zero attached hydrogens (tertiary/aromatic N) is 2. The fourth-order valence-corrected chi connectivity index (χ4v) is 4.11. The predicted molar refractivity (Wildman–Crippen MR) is 109 cm³/mol. The van der Waals surface area contributed by atoms with Crippen LogP contribution in [-0.4, -0.2) is 63.8 Å². The normalized spacial score (nSPS) is 16.5. The summed E-state index contributed by atoms with van der Waals surface area (Å²) in [6, 6.07) is 4.02. The fourth-order valence-electron chi connectivity index (χ4n) is 2.15. The molecule has 2 rings (SSSR count). The molecule has 0 saturated carbocycles. The number of hydrogen-bond acceptors (Lipinski definition) is 5. The molecular weight excluding hydrogens is 463 g/mol. The summed E-state index contributed by atoms with van der Waals surface area (Å²) in [5.41, 5.74) is 0. The van der Waals surface area contributed by atoms with Gasteiger partial charge in [-0.2, -0.15) is 4.31 Å². The van der Waals surface area contributed by atoms with Crippen LogP contribution < -0.4 is 10.6 Å². The van der Waals surface area contributed by atoms with Crippen LogP contribution in [0.5, 0.6) is 0 Å². The van der Waals surface area contributed by atoms with Gasteiger partial charge in [-0.25, -0.2) is 13.4 Å². The minimum absolute atomic E-state index is 0. The Bertz CT molecular complexity index is 587. The van der Waals surface area contributed by atoms with Crippen molar-refractivity contribution in [2.45, 2.75) is 13.5 Å². The highest BCUT2D eigenvalue weighted by molar-refractivity contribution is 14.0. The lowest BCUT2D eigenvalue weighted by atomic mass is 10.5. The lowest BCUT2D eigenvalue weighted by molar-refractivity contribution is 0.0730. The Balaban J connectivity index is 0.00000288. The van der Waals surface area contributed by atoms with Crippen molar-refractivity contribution in [3.8, 4) is 0 Å². The van der Waals surface area contributed by atoms with Crippen molar-refractivity contribution in [1.82, 2.24) is 14.9 Å². The number of aliphatic imine (C=N–C) groups is 1. The highest BCUT2D eigenvalue weighted by Gasteiger charge is 2.23. The number of thiophene rings is 1. The van der Waals surface area contributed by atoms with E-state index in [1.54, 1.807) is 11.3 Å². The quantitative estimate of drug-likeness (QED) is 0.341. The maximum absolute atomic E-state index is 12.2. The Kier molecular flexibility index (Phi) is 10.1. The van der Waals surface area contributed by atoms with Crippen LogP contribution in [-0.2, 0) is 21.3 Å². The molecule has 24 heavy (non-hydrogen) atoms. The Labute approximate surface area is 164 Å². The van der Waals surface area contributed by atoms with Crippen molar-refractivity contribution < 1.29 is 13.2 Å². The van der Waals surface area contributed by atoms with Crippen molar-refractivity contribution >= 4 is 51.3 Å². The van der Waals surface area contributed by atoms with Crippen molar-refractivity contribution in [2.24, 2.45) is 4.99 Å². The first-order chi connectivity index (χ1) is 11.1. The van der Waals surface area contributed by atoms with Crippen LogP contribution in [0.15, 0.2) is 22.5 Å². The Morgan fingerprint density at radius 3 is 2.75 bits per heavy atom. The molecule has 0 aromatic carbocycles. The average molecular weight is 488 g/mol. The Morgan fingerprint density at radius 1 is 1.38 bits per heavy atom. The van der Waals surface area contributed by atoms with Crippen LogP contribution in [0.1, 0.15) is 11.8 Å². The zero-order valence-electron chi connectivity index (χ0n) is 13.7. The van der Waals surface area contributed by atoms with Gasteiger partial charge in [-0.05, 0) is 18.4 Å². The first kappa shape index (κ1) is 21.6. The Morgan fingerprint density at radius 2 is 2.12 bits per heavy atom. The highest BCUT2D eigenvalue weighted by Crippen LogP contribution is 2.09. The van der Waals surface area contributed by atoms with E-state index < -0.39 is 10.0 Å². The van der Waals surface area contributed by atoms with Crippen LogP contribution >= 0.6 is 35.3 Å². The van der Waals surface area contributed by atoms with E-state index >= 15 is 0 Å². The smallest absolute Gasteiger partial charge is 0.215 e. The molecule has 0 aliphatic carbocycles. The molecule has 0 unspecified atom stereocenters. The fraction of sp³-hybridized carbons (Fsp3) is 0.643. The minimum Gasteiger partial charge on any atom is -0.379 e. The molecule has 1 aliphatic rings. The molecule has 10 heteroatoms. The second-order valence-electron chi connectivity index (χ2n) is 5.03. The van der Waals surface area contributed by atoms with E-state index in [0.29, 0.717) is 45.4 Å². The van der Waals surface area contributed by atoms with E-state index in [1.807, 2.05) is 24.4 Å². The van der Waals surface area contributed by atoms with Gasteiger partial charge >= 0.3 is 0 Å². The van der Waals surface area contributed by atoms with Crippen LogP contribution in [0.2, 0.25) is 0 Å². The van der Waals surface area contributed by atoms with E-state index in [2.05, 4.69) is 15.6 Å². The first-order valence-corrected chi connectivity index (χ1v) is 10.2. The lowest BCUT2D eigenvalue weighted by Crippen LogP contribution is -2.45. The summed E-state index contributed by atoms with van der Waals surface area (Å²) in [5, 5.41) is 8.22. The largest absolute Gasteiger partial charge is 0.379 e. The standard InChI is InChI=1S/C14H24N4O3S2.HI/c1-2-15-14(17-12-13-4-3-10-22-13)16-5-11-23(19,20)18-6-8-21-9-7-18;/h3-4,10H,2,5-9,11-12H2,1H3,(H2,15,16,17);1H. The van der Waals surface area contributed by atoms with Gasteiger partial charge in [0, 0.05) is 31.1 Å². The van der Waals surface area contributed by atoms with Gasteiger partial charge in [-0.1, -0.05) is 6.07 Å². The third-order valence-electron chi connectivity index (χ3n) is 3.33.